The molecule has 0 N–H and O–H groups in total. The molecule has 0 aromatic heterocycles. The minimum absolute atomic E-state index is 0.0630. The number of nitrogens with zero attached hydrogens (tertiary/aromatic N) is 2. The summed E-state index contributed by atoms with van der Waals surface area (Å²) >= 11 is 0. The SMILES string of the molecule is CO/N=C/C(=O)ON1C(=O)CCC1=O. The molecule has 0 unspecified atom stereocenters. The fraction of sp³-hybridized carbons (Fsp3) is 0.429. The van der Waals surface area contributed by atoms with E-state index in [0.29, 0.717) is 5.06 Å². The van der Waals surface area contributed by atoms with Crippen LogP contribution in [0, 0.1) is 0 Å². The molecule has 0 atom stereocenters. The van der Waals surface area contributed by atoms with Gasteiger partial charge in [0.05, 0.1) is 0 Å². The van der Waals surface area contributed by atoms with Crippen LogP contribution in [0.3, 0.4) is 0 Å². The van der Waals surface area contributed by atoms with Crippen molar-refractivity contribution in [2.45, 2.75) is 12.8 Å². The third kappa shape index (κ3) is 2.28. The first-order valence-corrected chi connectivity index (χ1v) is 3.79. The number of carbonyl (C=O) groups excluding carboxylic acids is 3. The zero-order valence-electron chi connectivity index (χ0n) is 7.43. The molecule has 1 aliphatic rings. The van der Waals surface area contributed by atoms with E-state index in [4.69, 9.17) is 0 Å². The van der Waals surface area contributed by atoms with E-state index in [9.17, 15) is 14.4 Å². The summed E-state index contributed by atoms with van der Waals surface area (Å²) in [4.78, 5) is 41.4. The maximum absolute atomic E-state index is 10.9. The van der Waals surface area contributed by atoms with E-state index in [2.05, 4.69) is 14.8 Å². The van der Waals surface area contributed by atoms with Crippen LogP contribution in [-0.4, -0.2) is 36.2 Å². The van der Waals surface area contributed by atoms with Crippen molar-refractivity contribution in [1.82, 2.24) is 5.06 Å². The lowest BCUT2D eigenvalue weighted by molar-refractivity contribution is -0.192. The molecule has 0 bridgehead atoms. The van der Waals surface area contributed by atoms with Gasteiger partial charge >= 0.3 is 5.97 Å². The van der Waals surface area contributed by atoms with E-state index in [-0.39, 0.29) is 12.8 Å². The van der Waals surface area contributed by atoms with Crippen LogP contribution >= 0.6 is 0 Å². The Labute approximate surface area is 79.2 Å². The molecule has 7 nitrogen and oxygen atoms in total. The Kier molecular flexibility index (Phi) is 3.16. The van der Waals surface area contributed by atoms with Gasteiger partial charge in [-0.1, -0.05) is 5.16 Å². The zero-order valence-corrected chi connectivity index (χ0v) is 7.43. The minimum Gasteiger partial charge on any atom is -0.399 e. The Morgan fingerprint density at radius 1 is 1.43 bits per heavy atom. The second-order valence-electron chi connectivity index (χ2n) is 2.41. The fourth-order valence-corrected chi connectivity index (χ4v) is 0.867. The Bertz CT molecular complexity index is 282. The smallest absolute Gasteiger partial charge is 0.378 e. The van der Waals surface area contributed by atoms with Crippen molar-refractivity contribution in [1.29, 1.82) is 0 Å². The fourth-order valence-electron chi connectivity index (χ4n) is 0.867. The number of carbonyl (C=O) groups is 3. The predicted molar refractivity (Wildman–Crippen MR) is 42.7 cm³/mol. The van der Waals surface area contributed by atoms with Gasteiger partial charge in [-0.3, -0.25) is 9.59 Å². The summed E-state index contributed by atoms with van der Waals surface area (Å²) in [6, 6.07) is 0. The largest absolute Gasteiger partial charge is 0.399 e. The molecule has 14 heavy (non-hydrogen) atoms. The summed E-state index contributed by atoms with van der Waals surface area (Å²) in [7, 11) is 1.25. The van der Waals surface area contributed by atoms with Gasteiger partial charge in [-0.05, 0) is 0 Å². The molecular weight excluding hydrogens is 192 g/mol. The maximum atomic E-state index is 10.9. The molecule has 0 saturated carbocycles. The number of hydroxylamine groups is 2. The molecule has 1 saturated heterocycles. The van der Waals surface area contributed by atoms with Gasteiger partial charge in [0.25, 0.3) is 11.8 Å². The lowest BCUT2D eigenvalue weighted by atomic mass is 10.4. The van der Waals surface area contributed by atoms with Crippen LogP contribution in [0.2, 0.25) is 0 Å². The number of amides is 2. The Hall–Kier alpha value is -1.92. The van der Waals surface area contributed by atoms with Crippen molar-refractivity contribution >= 4 is 24.0 Å². The third-order valence-corrected chi connectivity index (χ3v) is 1.45. The summed E-state index contributed by atoms with van der Waals surface area (Å²) in [5, 5.41) is 3.55. The van der Waals surface area contributed by atoms with Gasteiger partial charge in [0.2, 0.25) is 0 Å². The first kappa shape index (κ1) is 10.2. The normalized spacial score (nSPS) is 16.5. The van der Waals surface area contributed by atoms with Gasteiger partial charge < -0.3 is 9.68 Å². The molecule has 0 aromatic carbocycles. The minimum atomic E-state index is -0.935. The molecule has 0 spiro atoms. The van der Waals surface area contributed by atoms with Gasteiger partial charge in [0.15, 0.2) is 6.21 Å². The van der Waals surface area contributed by atoms with Crippen molar-refractivity contribution < 1.29 is 24.1 Å². The highest BCUT2D eigenvalue weighted by Gasteiger charge is 2.32. The summed E-state index contributed by atoms with van der Waals surface area (Å²) < 4.78 is 0. The highest BCUT2D eigenvalue weighted by Crippen LogP contribution is 2.11. The number of rotatable bonds is 3. The van der Waals surface area contributed by atoms with Crippen LogP contribution in [0.25, 0.3) is 0 Å². The molecule has 1 aliphatic heterocycles. The number of hydrogen-bond acceptors (Lipinski definition) is 6. The monoisotopic (exact) mass is 200 g/mol. The van der Waals surface area contributed by atoms with Gasteiger partial charge in [0.1, 0.15) is 7.11 Å². The maximum Gasteiger partial charge on any atom is 0.378 e. The van der Waals surface area contributed by atoms with Crippen LogP contribution in [0.1, 0.15) is 12.8 Å². The average molecular weight is 200 g/mol. The third-order valence-electron chi connectivity index (χ3n) is 1.45. The molecule has 0 radical (unpaired) electrons. The van der Waals surface area contributed by atoms with Crippen molar-refractivity contribution in [3.63, 3.8) is 0 Å². The summed E-state index contributed by atoms with van der Waals surface area (Å²) in [6.45, 7) is 0. The molecule has 76 valence electrons. The van der Waals surface area contributed by atoms with Crippen LogP contribution in [-0.2, 0) is 24.1 Å². The van der Waals surface area contributed by atoms with Gasteiger partial charge in [-0.15, -0.1) is 5.06 Å². The van der Waals surface area contributed by atoms with Crippen molar-refractivity contribution in [3.05, 3.63) is 0 Å². The second-order valence-corrected chi connectivity index (χ2v) is 2.41. The first-order valence-electron chi connectivity index (χ1n) is 3.79. The summed E-state index contributed by atoms with van der Waals surface area (Å²) in [6.07, 6.45) is 0.847. The Morgan fingerprint density at radius 3 is 2.50 bits per heavy atom. The van der Waals surface area contributed by atoms with Crippen LogP contribution < -0.4 is 0 Å². The second kappa shape index (κ2) is 4.35. The topological polar surface area (TPSA) is 85.3 Å². The average Bonchev–Trinajstić information content (AvgIpc) is 2.46. The lowest BCUT2D eigenvalue weighted by Crippen LogP contribution is -2.32. The molecule has 2 amide bonds. The van der Waals surface area contributed by atoms with E-state index in [0.717, 1.165) is 6.21 Å². The molecule has 1 fully saturated rings. The predicted octanol–water partition coefficient (Wildman–Crippen LogP) is -0.774. The summed E-state index contributed by atoms with van der Waals surface area (Å²) in [5.41, 5.74) is 0. The number of oxime groups is 1. The van der Waals surface area contributed by atoms with Gasteiger partial charge in [-0.2, -0.15) is 0 Å². The van der Waals surface area contributed by atoms with Crippen molar-refractivity contribution in [2.75, 3.05) is 7.11 Å². The van der Waals surface area contributed by atoms with Crippen molar-refractivity contribution in [3.8, 4) is 0 Å². The molecule has 1 rings (SSSR count). The van der Waals surface area contributed by atoms with E-state index >= 15 is 0 Å². The molecule has 1 heterocycles. The van der Waals surface area contributed by atoms with E-state index in [1.807, 2.05) is 0 Å². The van der Waals surface area contributed by atoms with Crippen LogP contribution in [0.15, 0.2) is 5.16 Å². The molecular formula is C7H8N2O5. The molecule has 0 aliphatic carbocycles. The zero-order chi connectivity index (χ0) is 10.6. The molecule has 7 heteroatoms. The van der Waals surface area contributed by atoms with E-state index in [1.54, 1.807) is 0 Å². The Balaban J connectivity index is 2.51. The van der Waals surface area contributed by atoms with Gasteiger partial charge in [-0.25, -0.2) is 4.79 Å². The van der Waals surface area contributed by atoms with Crippen LogP contribution in [0.4, 0.5) is 0 Å². The summed E-state index contributed by atoms with van der Waals surface area (Å²) in [5.74, 6) is -2.00. The number of imide groups is 1. The van der Waals surface area contributed by atoms with E-state index < -0.39 is 17.8 Å². The highest BCUT2D eigenvalue weighted by molar-refractivity contribution is 6.23. The van der Waals surface area contributed by atoms with Crippen molar-refractivity contribution in [2.24, 2.45) is 5.16 Å². The van der Waals surface area contributed by atoms with Gasteiger partial charge in [0, 0.05) is 12.8 Å². The standard InChI is InChI=1S/C7H8N2O5/c1-13-8-4-7(12)14-9-5(10)2-3-6(9)11/h4H,2-3H2,1H3/b8-4+. The van der Waals surface area contributed by atoms with Crippen LogP contribution in [0.5, 0.6) is 0 Å². The highest BCUT2D eigenvalue weighted by atomic mass is 16.7. The lowest BCUT2D eigenvalue weighted by Gasteiger charge is -2.09. The first-order chi connectivity index (χ1) is 6.65. The van der Waals surface area contributed by atoms with E-state index in [1.165, 1.54) is 7.11 Å². The molecule has 0 aromatic rings. The Morgan fingerprint density at radius 2 is 2.00 bits per heavy atom. The quantitative estimate of drug-likeness (QED) is 0.339. The number of hydrogen-bond donors (Lipinski definition) is 0.